The van der Waals surface area contributed by atoms with Gasteiger partial charge in [0.15, 0.2) is 0 Å². The molecule has 0 aromatic heterocycles. The molecule has 8 heteroatoms. The number of phenolic OH excluding ortho intramolecular Hbond substituents is 3. The number of aliphatic hydroxyl groups is 2. The highest BCUT2D eigenvalue weighted by Gasteiger charge is 2.36. The molecule has 0 spiro atoms. The van der Waals surface area contributed by atoms with Crippen LogP contribution in [0.2, 0.25) is 0 Å². The molecule has 2 aromatic carbocycles. The van der Waals surface area contributed by atoms with Gasteiger partial charge in [0.2, 0.25) is 0 Å². The van der Waals surface area contributed by atoms with Gasteiger partial charge in [-0.2, -0.15) is 0 Å². The molecule has 0 saturated carbocycles. The fourth-order valence-electron chi connectivity index (χ4n) is 4.19. The Kier molecular flexibility index (Phi) is 8.32. The standard InChI is InChI=1S/C28H36N2O6/c1-17(2)8-5-9-18(3)10-7-13-28(4,36)24(34)16-30-21-14-19(31)15-23(33)26(21)29-25-20(27(30)35)11-6-12-22(25)32/h6,8,10-12,14-15,24,29,31-34,36H,5,7,9,13,16H2,1-4H3/b18-10+. The first-order chi connectivity index (χ1) is 16.9. The van der Waals surface area contributed by atoms with Crippen molar-refractivity contribution in [3.05, 3.63) is 59.2 Å². The second-order valence-electron chi connectivity index (χ2n) is 9.88. The number of anilines is 3. The average Bonchev–Trinajstić information content (AvgIpc) is 2.90. The number of phenols is 3. The molecule has 0 bridgehead atoms. The predicted octanol–water partition coefficient (Wildman–Crippen LogP) is 5.09. The molecule has 0 aliphatic carbocycles. The molecule has 0 saturated heterocycles. The summed E-state index contributed by atoms with van der Waals surface area (Å²) in [6.07, 6.45) is 5.57. The van der Waals surface area contributed by atoms with Crippen molar-refractivity contribution in [3.8, 4) is 17.2 Å². The van der Waals surface area contributed by atoms with Crippen LogP contribution >= 0.6 is 0 Å². The lowest BCUT2D eigenvalue weighted by molar-refractivity contribution is -0.0613. The molecule has 1 heterocycles. The third kappa shape index (κ3) is 6.19. The summed E-state index contributed by atoms with van der Waals surface area (Å²) in [5.74, 6) is -1.38. The van der Waals surface area contributed by atoms with Gasteiger partial charge in [0.05, 0.1) is 29.1 Å². The van der Waals surface area contributed by atoms with Crippen LogP contribution in [0.15, 0.2) is 53.6 Å². The summed E-state index contributed by atoms with van der Waals surface area (Å²) in [5.41, 5.74) is 1.36. The van der Waals surface area contributed by atoms with Crippen molar-refractivity contribution in [2.45, 2.75) is 65.1 Å². The highest BCUT2D eigenvalue weighted by atomic mass is 16.3. The van der Waals surface area contributed by atoms with Crippen molar-refractivity contribution in [3.63, 3.8) is 0 Å². The molecular weight excluding hydrogens is 460 g/mol. The minimum Gasteiger partial charge on any atom is -0.508 e. The highest BCUT2D eigenvalue weighted by Crippen LogP contribution is 2.46. The summed E-state index contributed by atoms with van der Waals surface area (Å²) in [4.78, 5) is 14.7. The fraction of sp³-hybridized carbons (Fsp3) is 0.393. The van der Waals surface area contributed by atoms with Crippen molar-refractivity contribution in [1.29, 1.82) is 0 Å². The second kappa shape index (κ2) is 11.1. The van der Waals surface area contributed by atoms with E-state index in [4.69, 9.17) is 0 Å². The van der Waals surface area contributed by atoms with E-state index in [0.29, 0.717) is 6.42 Å². The minimum absolute atomic E-state index is 0.0863. The summed E-state index contributed by atoms with van der Waals surface area (Å²) in [7, 11) is 0. The number of nitrogens with one attached hydrogen (secondary N) is 1. The van der Waals surface area contributed by atoms with Gasteiger partial charge in [-0.25, -0.2) is 0 Å². The van der Waals surface area contributed by atoms with Crippen molar-refractivity contribution in [2.75, 3.05) is 16.8 Å². The van der Waals surface area contributed by atoms with Crippen LogP contribution in [0.25, 0.3) is 0 Å². The van der Waals surface area contributed by atoms with Crippen LogP contribution in [0.5, 0.6) is 17.2 Å². The molecule has 8 nitrogen and oxygen atoms in total. The van der Waals surface area contributed by atoms with Gasteiger partial charge in [0.1, 0.15) is 29.0 Å². The number of carbonyl (C=O) groups excluding carboxylic acids is 1. The van der Waals surface area contributed by atoms with E-state index in [1.165, 1.54) is 47.2 Å². The van der Waals surface area contributed by atoms with Crippen molar-refractivity contribution >= 4 is 23.0 Å². The van der Waals surface area contributed by atoms with Crippen LogP contribution in [-0.4, -0.2) is 49.7 Å². The second-order valence-corrected chi connectivity index (χ2v) is 9.88. The molecule has 0 radical (unpaired) electrons. The third-order valence-electron chi connectivity index (χ3n) is 6.45. The largest absolute Gasteiger partial charge is 0.508 e. The number of aromatic hydroxyl groups is 3. The molecule has 6 N–H and O–H groups in total. The monoisotopic (exact) mass is 496 g/mol. The van der Waals surface area contributed by atoms with E-state index in [-0.39, 0.29) is 52.8 Å². The van der Waals surface area contributed by atoms with Crippen LogP contribution in [0, 0.1) is 0 Å². The van der Waals surface area contributed by atoms with E-state index in [1.807, 2.05) is 13.0 Å². The minimum atomic E-state index is -1.52. The van der Waals surface area contributed by atoms with Crippen molar-refractivity contribution in [1.82, 2.24) is 0 Å². The Balaban J connectivity index is 1.83. The number of benzene rings is 2. The number of nitrogens with zero attached hydrogens (tertiary/aromatic N) is 1. The van der Waals surface area contributed by atoms with Gasteiger partial charge in [-0.05, 0) is 65.5 Å². The summed E-state index contributed by atoms with van der Waals surface area (Å²) in [6, 6.07) is 6.81. The van der Waals surface area contributed by atoms with E-state index in [1.54, 1.807) is 0 Å². The third-order valence-corrected chi connectivity index (χ3v) is 6.45. The van der Waals surface area contributed by atoms with E-state index in [2.05, 4.69) is 25.2 Å². The van der Waals surface area contributed by atoms with Gasteiger partial charge in [-0.15, -0.1) is 0 Å². The van der Waals surface area contributed by atoms with Gasteiger partial charge >= 0.3 is 0 Å². The Hall–Kier alpha value is -3.49. The lowest BCUT2D eigenvalue weighted by Gasteiger charge is -2.33. The number of aliphatic hydroxyl groups excluding tert-OH is 1. The smallest absolute Gasteiger partial charge is 0.260 e. The molecule has 1 aliphatic rings. The van der Waals surface area contributed by atoms with E-state index < -0.39 is 17.6 Å². The number of rotatable bonds is 9. The molecule has 36 heavy (non-hydrogen) atoms. The molecule has 2 atom stereocenters. The van der Waals surface area contributed by atoms with Gasteiger partial charge in [-0.1, -0.05) is 29.4 Å². The van der Waals surface area contributed by atoms with Gasteiger partial charge in [-0.3, -0.25) is 4.79 Å². The summed E-state index contributed by atoms with van der Waals surface area (Å²) >= 11 is 0. The van der Waals surface area contributed by atoms with Crippen LogP contribution in [0.1, 0.15) is 63.7 Å². The molecule has 1 aliphatic heterocycles. The number of hydrogen-bond acceptors (Lipinski definition) is 7. The fourth-order valence-corrected chi connectivity index (χ4v) is 4.19. The SMILES string of the molecule is CC(C)=CCC/C(C)=C/CCC(C)(O)C(O)CN1C(=O)c2cccc(O)c2Nc2c(O)cc(O)cc21. The lowest BCUT2D eigenvalue weighted by atomic mass is 9.92. The number of β-amino-alcohol motifs (C(OH)–C–C–N with tert-alkyl or cyclic N) is 1. The normalized spacial score (nSPS) is 15.8. The highest BCUT2D eigenvalue weighted by molar-refractivity contribution is 6.15. The number of carbonyl (C=O) groups is 1. The topological polar surface area (TPSA) is 133 Å². The maximum Gasteiger partial charge on any atom is 0.260 e. The first kappa shape index (κ1) is 27.1. The number of hydrogen-bond donors (Lipinski definition) is 6. The van der Waals surface area contributed by atoms with E-state index >= 15 is 0 Å². The lowest BCUT2D eigenvalue weighted by Crippen LogP contribution is -2.48. The van der Waals surface area contributed by atoms with Gasteiger partial charge in [0.25, 0.3) is 5.91 Å². The molecule has 2 aromatic rings. The zero-order valence-corrected chi connectivity index (χ0v) is 21.2. The number of fused-ring (bicyclic) bond motifs is 2. The summed E-state index contributed by atoms with van der Waals surface area (Å²) in [5, 5.41) is 55.8. The Labute approximate surface area is 211 Å². The van der Waals surface area contributed by atoms with Crippen LogP contribution in [0.4, 0.5) is 17.1 Å². The van der Waals surface area contributed by atoms with Crippen molar-refractivity contribution < 1.29 is 30.3 Å². The molecule has 2 unspecified atom stereocenters. The van der Waals surface area contributed by atoms with E-state index in [0.717, 1.165) is 18.9 Å². The van der Waals surface area contributed by atoms with Crippen LogP contribution in [-0.2, 0) is 0 Å². The Morgan fingerprint density at radius 1 is 1.06 bits per heavy atom. The first-order valence-corrected chi connectivity index (χ1v) is 12.1. The van der Waals surface area contributed by atoms with Gasteiger partial charge < -0.3 is 35.7 Å². The Morgan fingerprint density at radius 2 is 1.78 bits per heavy atom. The number of amides is 1. The van der Waals surface area contributed by atoms with Crippen molar-refractivity contribution in [2.24, 2.45) is 0 Å². The number of para-hydroxylation sites is 1. The maximum atomic E-state index is 13.5. The summed E-state index contributed by atoms with van der Waals surface area (Å²) < 4.78 is 0. The molecule has 1 amide bonds. The molecule has 0 fully saturated rings. The van der Waals surface area contributed by atoms with E-state index in [9.17, 15) is 30.3 Å². The Morgan fingerprint density at radius 3 is 2.47 bits per heavy atom. The quantitative estimate of drug-likeness (QED) is 0.162. The first-order valence-electron chi connectivity index (χ1n) is 12.1. The summed E-state index contributed by atoms with van der Waals surface area (Å²) in [6.45, 7) is 7.37. The maximum absolute atomic E-state index is 13.5. The van der Waals surface area contributed by atoms with Gasteiger partial charge in [0, 0.05) is 12.1 Å². The predicted molar refractivity (Wildman–Crippen MR) is 141 cm³/mol. The number of allylic oxidation sites excluding steroid dienone is 4. The van der Waals surface area contributed by atoms with Crippen LogP contribution in [0.3, 0.4) is 0 Å². The zero-order valence-electron chi connectivity index (χ0n) is 21.2. The molecular formula is C28H36N2O6. The molecule has 3 rings (SSSR count). The average molecular weight is 497 g/mol. The van der Waals surface area contributed by atoms with Crippen LogP contribution < -0.4 is 10.2 Å². The molecule has 194 valence electrons. The Bertz CT molecular complexity index is 1180. The zero-order chi connectivity index (χ0) is 26.6.